The molecular weight excluding hydrogens is 617 g/mol. The van der Waals surface area contributed by atoms with E-state index in [1.54, 1.807) is 0 Å². The molecule has 6 aromatic carbocycles. The second-order valence-electron chi connectivity index (χ2n) is 12.2. The van der Waals surface area contributed by atoms with Crippen LogP contribution in [0.3, 0.4) is 0 Å². The molecule has 0 fully saturated rings. The van der Waals surface area contributed by atoms with Crippen LogP contribution in [0.25, 0.3) is 101 Å². The highest BCUT2D eigenvalue weighted by Crippen LogP contribution is 2.38. The summed E-state index contributed by atoms with van der Waals surface area (Å²) in [7, 11) is 0. The summed E-state index contributed by atoms with van der Waals surface area (Å²) in [5.74, 6) is 1.25. The van der Waals surface area contributed by atoms with Crippen molar-refractivity contribution in [1.82, 2.24) is 19.9 Å². The van der Waals surface area contributed by atoms with Gasteiger partial charge in [-0.15, -0.1) is 0 Å². The Hall–Kier alpha value is -6.92. The first-order valence-corrected chi connectivity index (χ1v) is 16.5. The minimum atomic E-state index is 0.577. The van der Waals surface area contributed by atoms with E-state index in [0.717, 1.165) is 77.5 Å². The number of furan rings is 2. The third-order valence-electron chi connectivity index (χ3n) is 9.19. The van der Waals surface area contributed by atoms with Crippen LogP contribution in [-0.4, -0.2) is 19.9 Å². The number of fused-ring (bicyclic) bond motifs is 6. The lowest BCUT2D eigenvalue weighted by Crippen LogP contribution is -1.94. The van der Waals surface area contributed by atoms with Gasteiger partial charge in [0.05, 0.1) is 22.2 Å². The van der Waals surface area contributed by atoms with E-state index in [1.165, 1.54) is 0 Å². The Morgan fingerprint density at radius 1 is 0.300 bits per heavy atom. The highest BCUT2D eigenvalue weighted by atomic mass is 16.3. The Kier molecular flexibility index (Phi) is 6.39. The zero-order chi connectivity index (χ0) is 33.0. The molecule has 0 aliphatic heterocycles. The highest BCUT2D eigenvalue weighted by Gasteiger charge is 2.20. The van der Waals surface area contributed by atoms with Crippen molar-refractivity contribution < 1.29 is 8.83 Å². The zero-order valence-corrected chi connectivity index (χ0v) is 26.6. The van der Waals surface area contributed by atoms with Crippen LogP contribution in [-0.2, 0) is 0 Å². The number of benzene rings is 6. The molecule has 0 amide bonds. The molecule has 6 heteroatoms. The SMILES string of the molecule is c1ccc(-c2nc(-c3ccc(-c4ccc(-c5nc(-c6ccccc6)c6c(n5)oc5ccccc56)cc4)cc3)c3c(n2)oc2ccccc23)cc1. The van der Waals surface area contributed by atoms with Gasteiger partial charge in [-0.05, 0) is 23.3 Å². The predicted octanol–water partition coefficient (Wildman–Crippen LogP) is 11.4. The molecule has 10 rings (SSSR count). The topological polar surface area (TPSA) is 77.8 Å². The molecule has 0 saturated carbocycles. The van der Waals surface area contributed by atoms with Crippen LogP contribution in [0.1, 0.15) is 0 Å². The van der Waals surface area contributed by atoms with E-state index < -0.39 is 0 Å². The monoisotopic (exact) mass is 642 g/mol. The number of hydrogen-bond donors (Lipinski definition) is 0. The minimum absolute atomic E-state index is 0.577. The molecule has 0 saturated heterocycles. The van der Waals surface area contributed by atoms with Gasteiger partial charge in [-0.25, -0.2) is 9.97 Å². The van der Waals surface area contributed by atoms with E-state index in [2.05, 4.69) is 72.8 Å². The van der Waals surface area contributed by atoms with Crippen molar-refractivity contribution in [3.63, 3.8) is 0 Å². The van der Waals surface area contributed by atoms with E-state index in [4.69, 9.17) is 28.8 Å². The summed E-state index contributed by atoms with van der Waals surface area (Å²) >= 11 is 0. The lowest BCUT2D eigenvalue weighted by molar-refractivity contribution is 0.653. The molecule has 50 heavy (non-hydrogen) atoms. The maximum atomic E-state index is 6.23. The van der Waals surface area contributed by atoms with Gasteiger partial charge in [0.25, 0.3) is 0 Å². The Labute approximate surface area is 286 Å². The van der Waals surface area contributed by atoms with E-state index in [-0.39, 0.29) is 0 Å². The molecule has 234 valence electrons. The molecule has 0 radical (unpaired) electrons. The van der Waals surface area contributed by atoms with Gasteiger partial charge in [-0.3, -0.25) is 0 Å². The van der Waals surface area contributed by atoms with Crippen LogP contribution in [0, 0.1) is 0 Å². The van der Waals surface area contributed by atoms with Crippen LogP contribution in [0.4, 0.5) is 0 Å². The summed E-state index contributed by atoms with van der Waals surface area (Å²) in [5.41, 5.74) is 10.5. The van der Waals surface area contributed by atoms with Crippen molar-refractivity contribution >= 4 is 44.1 Å². The van der Waals surface area contributed by atoms with Crippen molar-refractivity contribution in [3.05, 3.63) is 158 Å². The molecule has 0 N–H and O–H groups in total. The molecule has 0 spiro atoms. The fraction of sp³-hybridized carbons (Fsp3) is 0. The fourth-order valence-corrected chi connectivity index (χ4v) is 6.74. The zero-order valence-electron chi connectivity index (χ0n) is 26.6. The maximum Gasteiger partial charge on any atom is 0.231 e. The van der Waals surface area contributed by atoms with Gasteiger partial charge < -0.3 is 8.83 Å². The van der Waals surface area contributed by atoms with Crippen molar-refractivity contribution in [3.8, 4) is 56.4 Å². The van der Waals surface area contributed by atoms with Crippen LogP contribution >= 0.6 is 0 Å². The van der Waals surface area contributed by atoms with Gasteiger partial charge in [0.2, 0.25) is 11.4 Å². The molecular formula is C44H26N4O2. The van der Waals surface area contributed by atoms with E-state index in [0.29, 0.717) is 23.1 Å². The molecule has 4 aromatic heterocycles. The molecule has 0 unspecified atom stereocenters. The standard InChI is InChI=1S/C44H26N4O2/c1-3-11-29(12-4-1)39-37-33-15-7-9-17-35(33)49-43(37)48-42(45-39)32-25-21-28(22-26-32)27-19-23-30(24-20-27)40-38-34-16-8-10-18-36(34)50-44(38)47-41(46-40)31-13-5-2-6-14-31/h1-26H. The lowest BCUT2D eigenvalue weighted by Gasteiger charge is -2.09. The fourth-order valence-electron chi connectivity index (χ4n) is 6.74. The van der Waals surface area contributed by atoms with Gasteiger partial charge in [0.1, 0.15) is 11.2 Å². The second kappa shape index (κ2) is 11.4. The molecule has 4 heterocycles. The second-order valence-corrected chi connectivity index (χ2v) is 12.2. The summed E-state index contributed by atoms with van der Waals surface area (Å²) in [6, 6.07) is 53.1. The first kappa shape index (κ1) is 28.1. The maximum absolute atomic E-state index is 6.23. The number of aromatic nitrogens is 4. The van der Waals surface area contributed by atoms with Crippen molar-refractivity contribution in [2.24, 2.45) is 0 Å². The van der Waals surface area contributed by atoms with E-state index >= 15 is 0 Å². The van der Waals surface area contributed by atoms with E-state index in [1.807, 2.05) is 84.9 Å². The number of nitrogens with zero attached hydrogens (tertiary/aromatic N) is 4. The molecule has 6 nitrogen and oxygen atoms in total. The first-order valence-electron chi connectivity index (χ1n) is 16.5. The predicted molar refractivity (Wildman–Crippen MR) is 199 cm³/mol. The Bertz CT molecular complexity index is 2840. The van der Waals surface area contributed by atoms with Crippen LogP contribution < -0.4 is 0 Å². The average molecular weight is 643 g/mol. The Balaban J connectivity index is 1.03. The third-order valence-corrected chi connectivity index (χ3v) is 9.19. The molecule has 0 bridgehead atoms. The summed E-state index contributed by atoms with van der Waals surface area (Å²) in [5, 5.41) is 3.84. The quantitative estimate of drug-likeness (QED) is 0.186. The average Bonchev–Trinajstić information content (AvgIpc) is 3.76. The number of rotatable bonds is 5. The van der Waals surface area contributed by atoms with Crippen LogP contribution in [0.15, 0.2) is 167 Å². The Morgan fingerprint density at radius 3 is 1.16 bits per heavy atom. The first-order chi connectivity index (χ1) is 24.8. The van der Waals surface area contributed by atoms with Crippen molar-refractivity contribution in [2.45, 2.75) is 0 Å². The van der Waals surface area contributed by atoms with Gasteiger partial charge >= 0.3 is 0 Å². The van der Waals surface area contributed by atoms with Gasteiger partial charge in [0.15, 0.2) is 11.6 Å². The third kappa shape index (κ3) is 4.65. The highest BCUT2D eigenvalue weighted by molar-refractivity contribution is 6.11. The van der Waals surface area contributed by atoms with Gasteiger partial charge in [-0.1, -0.05) is 146 Å². The summed E-state index contributed by atoms with van der Waals surface area (Å²) in [4.78, 5) is 19.9. The summed E-state index contributed by atoms with van der Waals surface area (Å²) in [6.07, 6.45) is 0. The smallest absolute Gasteiger partial charge is 0.231 e. The van der Waals surface area contributed by atoms with Gasteiger partial charge in [-0.2, -0.15) is 9.97 Å². The molecule has 0 aliphatic carbocycles. The molecule has 0 aliphatic rings. The number of hydrogen-bond acceptors (Lipinski definition) is 6. The van der Waals surface area contributed by atoms with Crippen LogP contribution in [0.5, 0.6) is 0 Å². The van der Waals surface area contributed by atoms with E-state index in [9.17, 15) is 0 Å². The normalized spacial score (nSPS) is 11.6. The minimum Gasteiger partial charge on any atom is -0.438 e. The molecule has 0 atom stereocenters. The summed E-state index contributed by atoms with van der Waals surface area (Å²) < 4.78 is 12.5. The number of para-hydroxylation sites is 2. The van der Waals surface area contributed by atoms with Crippen molar-refractivity contribution in [2.75, 3.05) is 0 Å². The Morgan fingerprint density at radius 2 is 0.660 bits per heavy atom. The largest absolute Gasteiger partial charge is 0.438 e. The lowest BCUT2D eigenvalue weighted by atomic mass is 9.99. The molecule has 10 aromatic rings. The summed E-state index contributed by atoms with van der Waals surface area (Å²) in [6.45, 7) is 0. The van der Waals surface area contributed by atoms with Crippen LogP contribution in [0.2, 0.25) is 0 Å². The van der Waals surface area contributed by atoms with Gasteiger partial charge in [0, 0.05) is 33.0 Å². The van der Waals surface area contributed by atoms with Crippen molar-refractivity contribution in [1.29, 1.82) is 0 Å².